The molecule has 25 heavy (non-hydrogen) atoms. The first-order valence-corrected chi connectivity index (χ1v) is 9.76. The minimum Gasteiger partial charge on any atom is -0.356 e. The van der Waals surface area contributed by atoms with Gasteiger partial charge in [0.05, 0.1) is 0 Å². The lowest BCUT2D eigenvalue weighted by molar-refractivity contribution is -0.0667. The Labute approximate surface area is 152 Å². The van der Waals surface area contributed by atoms with Crippen LogP contribution in [0.5, 0.6) is 0 Å². The van der Waals surface area contributed by atoms with E-state index < -0.39 is 0 Å². The molecule has 2 aliphatic heterocycles. The Kier molecular flexibility index (Phi) is 5.07. The van der Waals surface area contributed by atoms with Crippen molar-refractivity contribution in [1.82, 2.24) is 25.0 Å². The third-order valence-corrected chi connectivity index (χ3v) is 6.40. The zero-order chi connectivity index (χ0) is 18.1. The first kappa shape index (κ1) is 18.2. The van der Waals surface area contributed by atoms with Crippen molar-refractivity contribution in [3.05, 3.63) is 11.6 Å². The van der Waals surface area contributed by atoms with Crippen molar-refractivity contribution in [1.29, 1.82) is 0 Å². The summed E-state index contributed by atoms with van der Waals surface area (Å²) in [6.45, 7) is 12.3. The summed E-state index contributed by atoms with van der Waals surface area (Å²) in [5.41, 5.74) is 0.461. The average Bonchev–Trinajstić information content (AvgIpc) is 2.80. The second-order valence-electron chi connectivity index (χ2n) is 8.60. The monoisotopic (exact) mass is 346 g/mol. The summed E-state index contributed by atoms with van der Waals surface area (Å²) in [5.74, 6) is 3.35. The fourth-order valence-corrected chi connectivity index (χ4v) is 3.87. The molecule has 140 valence electrons. The van der Waals surface area contributed by atoms with Gasteiger partial charge in [0.15, 0.2) is 5.96 Å². The molecule has 6 heteroatoms. The Morgan fingerprint density at radius 3 is 2.64 bits per heavy atom. The quantitative estimate of drug-likeness (QED) is 0.517. The molecule has 0 atom stereocenters. The normalized spacial score (nSPS) is 22.1. The maximum absolute atomic E-state index is 4.49. The number of rotatable bonds is 4. The van der Waals surface area contributed by atoms with Crippen molar-refractivity contribution in [2.75, 3.05) is 20.1 Å². The molecule has 0 aromatic carbocycles. The number of fused-ring (bicyclic) bond motifs is 1. The van der Waals surface area contributed by atoms with Crippen LogP contribution in [0.25, 0.3) is 0 Å². The third kappa shape index (κ3) is 3.40. The van der Waals surface area contributed by atoms with Crippen LogP contribution in [-0.2, 0) is 19.4 Å². The van der Waals surface area contributed by atoms with Gasteiger partial charge in [0.25, 0.3) is 0 Å². The molecule has 1 aromatic rings. The summed E-state index contributed by atoms with van der Waals surface area (Å²) in [7, 11) is 1.88. The molecule has 1 fully saturated rings. The standard InChI is InChI=1S/C19H34N6/c1-18(2)14-25(19(18,3)4)17(20-5)21-12-9-11-16-23-22-15-10-7-6-8-13-24(15)16/h6-14H2,1-5H3,(H,20,21). The zero-order valence-corrected chi connectivity index (χ0v) is 16.6. The van der Waals surface area contributed by atoms with Gasteiger partial charge in [-0.15, -0.1) is 10.2 Å². The lowest BCUT2D eigenvalue weighted by atomic mass is 9.65. The minimum atomic E-state index is 0.138. The Morgan fingerprint density at radius 1 is 1.16 bits per heavy atom. The van der Waals surface area contributed by atoms with E-state index >= 15 is 0 Å². The maximum Gasteiger partial charge on any atom is 0.194 e. The first-order valence-electron chi connectivity index (χ1n) is 9.76. The van der Waals surface area contributed by atoms with Crippen LogP contribution < -0.4 is 5.32 Å². The molecule has 0 aliphatic carbocycles. The molecule has 0 spiro atoms. The molecule has 1 N–H and O–H groups in total. The van der Waals surface area contributed by atoms with Gasteiger partial charge < -0.3 is 14.8 Å². The number of hydrogen-bond acceptors (Lipinski definition) is 3. The average molecular weight is 347 g/mol. The summed E-state index contributed by atoms with van der Waals surface area (Å²) >= 11 is 0. The highest BCUT2D eigenvalue weighted by atomic mass is 15.4. The van der Waals surface area contributed by atoms with Gasteiger partial charge in [-0.3, -0.25) is 4.99 Å². The minimum absolute atomic E-state index is 0.138. The summed E-state index contributed by atoms with van der Waals surface area (Å²) in [5, 5.41) is 12.4. The van der Waals surface area contributed by atoms with E-state index in [4.69, 9.17) is 0 Å². The number of nitrogens with zero attached hydrogens (tertiary/aromatic N) is 5. The Morgan fingerprint density at radius 2 is 1.96 bits per heavy atom. The van der Waals surface area contributed by atoms with Crippen LogP contribution in [0, 0.1) is 5.41 Å². The summed E-state index contributed by atoms with van der Waals surface area (Å²) in [6, 6.07) is 0. The predicted molar refractivity (Wildman–Crippen MR) is 102 cm³/mol. The molecular formula is C19H34N6. The molecular weight excluding hydrogens is 312 g/mol. The molecule has 0 unspecified atom stereocenters. The topological polar surface area (TPSA) is 58.3 Å². The largest absolute Gasteiger partial charge is 0.356 e. The van der Waals surface area contributed by atoms with Gasteiger partial charge in [0.2, 0.25) is 0 Å². The smallest absolute Gasteiger partial charge is 0.194 e. The first-order chi connectivity index (χ1) is 11.9. The van der Waals surface area contributed by atoms with Crippen molar-refractivity contribution in [3.8, 4) is 0 Å². The number of guanidine groups is 1. The van der Waals surface area contributed by atoms with Gasteiger partial charge in [-0.2, -0.15) is 0 Å². The number of aliphatic imine (C=N–C) groups is 1. The number of aromatic nitrogens is 3. The molecule has 2 aliphatic rings. The van der Waals surface area contributed by atoms with E-state index in [9.17, 15) is 0 Å². The fraction of sp³-hybridized carbons (Fsp3) is 0.842. The van der Waals surface area contributed by atoms with E-state index in [1.54, 1.807) is 0 Å². The van der Waals surface area contributed by atoms with Gasteiger partial charge in [0, 0.05) is 50.5 Å². The van der Waals surface area contributed by atoms with Crippen LogP contribution in [0.15, 0.2) is 4.99 Å². The zero-order valence-electron chi connectivity index (χ0n) is 16.6. The predicted octanol–water partition coefficient (Wildman–Crippen LogP) is 2.63. The summed E-state index contributed by atoms with van der Waals surface area (Å²) in [4.78, 5) is 6.87. The number of likely N-dealkylation sites (tertiary alicyclic amines) is 1. The summed E-state index contributed by atoms with van der Waals surface area (Å²) < 4.78 is 2.35. The highest BCUT2D eigenvalue weighted by molar-refractivity contribution is 5.81. The molecule has 3 rings (SSSR count). The highest BCUT2D eigenvalue weighted by Gasteiger charge is 2.53. The van der Waals surface area contributed by atoms with Crippen molar-refractivity contribution < 1.29 is 0 Å². The van der Waals surface area contributed by atoms with Crippen molar-refractivity contribution >= 4 is 5.96 Å². The van der Waals surface area contributed by atoms with Crippen LogP contribution >= 0.6 is 0 Å². The Hall–Kier alpha value is -1.59. The number of aryl methyl sites for hydroxylation is 2. The molecule has 0 radical (unpaired) electrons. The van der Waals surface area contributed by atoms with Crippen molar-refractivity contribution in [2.24, 2.45) is 10.4 Å². The summed E-state index contributed by atoms with van der Waals surface area (Å²) in [6.07, 6.45) is 6.92. The van der Waals surface area contributed by atoms with Gasteiger partial charge in [-0.05, 0) is 33.1 Å². The molecule has 0 bridgehead atoms. The molecule has 3 heterocycles. The van der Waals surface area contributed by atoms with E-state index in [-0.39, 0.29) is 5.54 Å². The number of hydrogen-bond donors (Lipinski definition) is 1. The second-order valence-corrected chi connectivity index (χ2v) is 8.60. The van der Waals surface area contributed by atoms with Crippen molar-refractivity contribution in [3.63, 3.8) is 0 Å². The lowest BCUT2D eigenvalue weighted by Crippen LogP contribution is -2.72. The van der Waals surface area contributed by atoms with E-state index in [0.29, 0.717) is 5.41 Å². The van der Waals surface area contributed by atoms with E-state index in [0.717, 1.165) is 50.7 Å². The van der Waals surface area contributed by atoms with Crippen LogP contribution in [0.3, 0.4) is 0 Å². The molecule has 6 nitrogen and oxygen atoms in total. The van der Waals surface area contributed by atoms with E-state index in [1.807, 2.05) is 7.05 Å². The molecule has 1 saturated heterocycles. The van der Waals surface area contributed by atoms with Crippen LogP contribution in [0.4, 0.5) is 0 Å². The SMILES string of the molecule is CN=C(NCCCc1nnc2n1CCCCC2)N1CC(C)(C)C1(C)C. The van der Waals surface area contributed by atoms with Crippen LogP contribution in [0.1, 0.15) is 65.0 Å². The lowest BCUT2D eigenvalue weighted by Gasteiger charge is -2.62. The molecule has 0 amide bonds. The maximum atomic E-state index is 4.49. The molecule has 0 saturated carbocycles. The highest BCUT2D eigenvalue weighted by Crippen LogP contribution is 2.46. The van der Waals surface area contributed by atoms with E-state index in [2.05, 4.69) is 57.7 Å². The Balaban J connectivity index is 1.49. The molecule has 1 aromatic heterocycles. The van der Waals surface area contributed by atoms with Crippen LogP contribution in [0.2, 0.25) is 0 Å². The fourth-order valence-electron chi connectivity index (χ4n) is 3.87. The van der Waals surface area contributed by atoms with Crippen LogP contribution in [-0.4, -0.2) is 51.3 Å². The third-order valence-electron chi connectivity index (χ3n) is 6.40. The van der Waals surface area contributed by atoms with Gasteiger partial charge in [-0.1, -0.05) is 20.3 Å². The van der Waals surface area contributed by atoms with Gasteiger partial charge in [-0.25, -0.2) is 0 Å². The second kappa shape index (κ2) is 6.96. The van der Waals surface area contributed by atoms with Gasteiger partial charge >= 0.3 is 0 Å². The van der Waals surface area contributed by atoms with Crippen molar-refractivity contribution in [2.45, 2.75) is 78.3 Å². The Bertz CT molecular complexity index is 628. The number of nitrogens with one attached hydrogen (secondary N) is 1. The van der Waals surface area contributed by atoms with E-state index in [1.165, 1.54) is 25.1 Å². The van der Waals surface area contributed by atoms with Gasteiger partial charge in [0.1, 0.15) is 11.6 Å².